The quantitative estimate of drug-likeness (QED) is 0.783. The first-order valence-corrected chi connectivity index (χ1v) is 6.66. The van der Waals surface area contributed by atoms with Gasteiger partial charge in [0.15, 0.2) is 0 Å². The zero-order chi connectivity index (χ0) is 12.3. The summed E-state index contributed by atoms with van der Waals surface area (Å²) >= 11 is 0. The minimum atomic E-state index is 0.0702. The van der Waals surface area contributed by atoms with Crippen LogP contribution in [-0.4, -0.2) is 50.2 Å². The molecule has 4 heteroatoms. The van der Waals surface area contributed by atoms with Gasteiger partial charge in [-0.25, -0.2) is 0 Å². The Bertz CT molecular complexity index is 267. The van der Waals surface area contributed by atoms with Crippen molar-refractivity contribution in [2.45, 2.75) is 37.7 Å². The van der Waals surface area contributed by atoms with Crippen LogP contribution in [0.5, 0.6) is 0 Å². The molecule has 2 rings (SSSR count). The van der Waals surface area contributed by atoms with Crippen LogP contribution in [0.25, 0.3) is 0 Å². The van der Waals surface area contributed by atoms with Gasteiger partial charge in [-0.15, -0.1) is 0 Å². The number of hydrogen-bond donors (Lipinski definition) is 1. The molecule has 0 saturated carbocycles. The van der Waals surface area contributed by atoms with E-state index in [0.29, 0.717) is 12.3 Å². The van der Waals surface area contributed by atoms with Crippen molar-refractivity contribution in [3.63, 3.8) is 0 Å². The molecule has 2 aliphatic rings. The van der Waals surface area contributed by atoms with E-state index < -0.39 is 0 Å². The summed E-state index contributed by atoms with van der Waals surface area (Å²) in [5.74, 6) is 0.762. The van der Waals surface area contributed by atoms with Gasteiger partial charge in [0.05, 0.1) is 5.60 Å². The first kappa shape index (κ1) is 12.8. The second-order valence-electron chi connectivity index (χ2n) is 5.63. The van der Waals surface area contributed by atoms with Crippen LogP contribution >= 0.6 is 0 Å². The first-order chi connectivity index (χ1) is 8.11. The third-order valence-corrected chi connectivity index (χ3v) is 4.07. The van der Waals surface area contributed by atoms with Crippen molar-refractivity contribution in [3.8, 4) is 0 Å². The smallest absolute Gasteiger partial charge is 0.222 e. The summed E-state index contributed by atoms with van der Waals surface area (Å²) in [7, 11) is 3.67. The number of amides is 1. The number of nitrogens with one attached hydrogen (secondary N) is 1. The standard InChI is InChI=1S/C13H24N2O2/c1-15(2)12(16)9-11-3-8-17-13(10-11)4-6-14-7-5-13/h11,14H,3-10H2,1-2H3/t11-/m1/s1. The Morgan fingerprint density at radius 3 is 2.76 bits per heavy atom. The highest BCUT2D eigenvalue weighted by Gasteiger charge is 2.38. The number of carbonyl (C=O) groups is 1. The van der Waals surface area contributed by atoms with Gasteiger partial charge >= 0.3 is 0 Å². The number of hydrogen-bond acceptors (Lipinski definition) is 3. The first-order valence-electron chi connectivity index (χ1n) is 6.66. The Morgan fingerprint density at radius 2 is 2.12 bits per heavy atom. The summed E-state index contributed by atoms with van der Waals surface area (Å²) in [4.78, 5) is 13.5. The maximum Gasteiger partial charge on any atom is 0.222 e. The van der Waals surface area contributed by atoms with Gasteiger partial charge in [0.25, 0.3) is 0 Å². The average Bonchev–Trinajstić information content (AvgIpc) is 2.30. The molecule has 0 aromatic rings. The Hall–Kier alpha value is -0.610. The summed E-state index contributed by atoms with van der Waals surface area (Å²) in [5, 5.41) is 3.37. The lowest BCUT2D eigenvalue weighted by atomic mass is 9.78. The molecule has 2 heterocycles. The summed E-state index contributed by atoms with van der Waals surface area (Å²) in [5.41, 5.74) is 0.0702. The van der Waals surface area contributed by atoms with E-state index in [1.165, 1.54) is 0 Å². The van der Waals surface area contributed by atoms with Gasteiger partial charge < -0.3 is 15.0 Å². The highest BCUT2D eigenvalue weighted by molar-refractivity contribution is 5.75. The van der Waals surface area contributed by atoms with Gasteiger partial charge in [0.1, 0.15) is 0 Å². The van der Waals surface area contributed by atoms with Crippen LogP contribution in [0.3, 0.4) is 0 Å². The van der Waals surface area contributed by atoms with E-state index in [-0.39, 0.29) is 11.5 Å². The van der Waals surface area contributed by atoms with Gasteiger partial charge in [-0.3, -0.25) is 4.79 Å². The predicted octanol–water partition coefficient (Wildman–Crippen LogP) is 1.01. The Labute approximate surface area is 104 Å². The molecule has 1 atom stereocenters. The molecule has 2 fully saturated rings. The minimum Gasteiger partial charge on any atom is -0.375 e. The van der Waals surface area contributed by atoms with Crippen molar-refractivity contribution in [1.82, 2.24) is 10.2 Å². The maximum absolute atomic E-state index is 11.8. The zero-order valence-electron chi connectivity index (χ0n) is 11.0. The van der Waals surface area contributed by atoms with Gasteiger partial charge in [0.2, 0.25) is 5.91 Å². The number of piperidine rings is 1. The molecule has 1 N–H and O–H groups in total. The van der Waals surface area contributed by atoms with E-state index in [9.17, 15) is 4.79 Å². The molecule has 4 nitrogen and oxygen atoms in total. The molecular formula is C13H24N2O2. The van der Waals surface area contributed by atoms with E-state index >= 15 is 0 Å². The molecule has 1 amide bonds. The van der Waals surface area contributed by atoms with E-state index in [2.05, 4.69) is 5.32 Å². The summed E-state index contributed by atoms with van der Waals surface area (Å²) < 4.78 is 6.01. The normalized spacial score (nSPS) is 28.0. The summed E-state index contributed by atoms with van der Waals surface area (Å²) in [6.45, 7) is 2.92. The molecule has 1 spiro atoms. The third-order valence-electron chi connectivity index (χ3n) is 4.07. The van der Waals surface area contributed by atoms with E-state index in [1.54, 1.807) is 4.90 Å². The van der Waals surface area contributed by atoms with Crippen LogP contribution < -0.4 is 5.32 Å². The fourth-order valence-corrected chi connectivity index (χ4v) is 2.96. The second kappa shape index (κ2) is 5.36. The molecule has 0 radical (unpaired) electrons. The van der Waals surface area contributed by atoms with Gasteiger partial charge in [0, 0.05) is 27.1 Å². The Morgan fingerprint density at radius 1 is 1.41 bits per heavy atom. The molecule has 0 aromatic carbocycles. The lowest BCUT2D eigenvalue weighted by molar-refractivity contribution is -0.136. The predicted molar refractivity (Wildman–Crippen MR) is 66.8 cm³/mol. The van der Waals surface area contributed by atoms with E-state index in [0.717, 1.165) is 45.4 Å². The number of rotatable bonds is 2. The molecule has 0 unspecified atom stereocenters. The highest BCUT2D eigenvalue weighted by atomic mass is 16.5. The molecular weight excluding hydrogens is 216 g/mol. The number of ether oxygens (including phenoxy) is 1. The van der Waals surface area contributed by atoms with Gasteiger partial charge in [-0.2, -0.15) is 0 Å². The number of carbonyl (C=O) groups excluding carboxylic acids is 1. The van der Waals surface area contributed by atoms with E-state index in [4.69, 9.17) is 4.74 Å². The zero-order valence-corrected chi connectivity index (χ0v) is 11.0. The van der Waals surface area contributed by atoms with Crippen molar-refractivity contribution < 1.29 is 9.53 Å². The van der Waals surface area contributed by atoms with Crippen molar-refractivity contribution >= 4 is 5.91 Å². The van der Waals surface area contributed by atoms with Crippen LogP contribution in [0.1, 0.15) is 32.1 Å². The van der Waals surface area contributed by atoms with Crippen LogP contribution in [0.2, 0.25) is 0 Å². The largest absolute Gasteiger partial charge is 0.375 e. The third kappa shape index (κ3) is 3.19. The van der Waals surface area contributed by atoms with Crippen molar-refractivity contribution in [2.24, 2.45) is 5.92 Å². The lowest BCUT2D eigenvalue weighted by Crippen LogP contribution is -2.48. The Kier molecular flexibility index (Phi) is 4.05. The van der Waals surface area contributed by atoms with Crippen molar-refractivity contribution in [1.29, 1.82) is 0 Å². The topological polar surface area (TPSA) is 41.6 Å². The van der Waals surface area contributed by atoms with Crippen LogP contribution in [0.15, 0.2) is 0 Å². The monoisotopic (exact) mass is 240 g/mol. The van der Waals surface area contributed by atoms with Crippen molar-refractivity contribution in [2.75, 3.05) is 33.8 Å². The van der Waals surface area contributed by atoms with Crippen LogP contribution in [0.4, 0.5) is 0 Å². The molecule has 0 aliphatic carbocycles. The minimum absolute atomic E-state index is 0.0702. The molecule has 98 valence electrons. The molecule has 17 heavy (non-hydrogen) atoms. The lowest BCUT2D eigenvalue weighted by Gasteiger charge is -2.43. The maximum atomic E-state index is 11.8. The Balaban J connectivity index is 1.90. The fourth-order valence-electron chi connectivity index (χ4n) is 2.96. The molecule has 0 bridgehead atoms. The fraction of sp³-hybridized carbons (Fsp3) is 0.923. The summed E-state index contributed by atoms with van der Waals surface area (Å²) in [6, 6.07) is 0. The van der Waals surface area contributed by atoms with Crippen LogP contribution in [0, 0.1) is 5.92 Å². The van der Waals surface area contributed by atoms with E-state index in [1.807, 2.05) is 14.1 Å². The summed E-state index contributed by atoms with van der Waals surface area (Å²) in [6.07, 6.45) is 4.98. The highest BCUT2D eigenvalue weighted by Crippen LogP contribution is 2.37. The van der Waals surface area contributed by atoms with Gasteiger partial charge in [-0.05, 0) is 44.7 Å². The SMILES string of the molecule is CN(C)C(=O)C[C@H]1CCOC2(CCNCC2)C1. The van der Waals surface area contributed by atoms with Crippen molar-refractivity contribution in [3.05, 3.63) is 0 Å². The molecule has 0 aromatic heterocycles. The molecule has 2 aliphatic heterocycles. The average molecular weight is 240 g/mol. The van der Waals surface area contributed by atoms with Gasteiger partial charge in [-0.1, -0.05) is 0 Å². The molecule has 2 saturated heterocycles. The van der Waals surface area contributed by atoms with Crippen LogP contribution in [-0.2, 0) is 9.53 Å². The second-order valence-corrected chi connectivity index (χ2v) is 5.63. The number of nitrogens with zero attached hydrogens (tertiary/aromatic N) is 1.